The highest BCUT2D eigenvalue weighted by atomic mass is 32.1. The quantitative estimate of drug-likeness (QED) is 0.611. The fourth-order valence-corrected chi connectivity index (χ4v) is 4.60. The molecule has 0 spiro atoms. The highest BCUT2D eigenvalue weighted by molar-refractivity contribution is 7.13. The van der Waals surface area contributed by atoms with Crippen LogP contribution in [0.1, 0.15) is 57.7 Å². The number of hydrogen-bond acceptors (Lipinski definition) is 8. The molecule has 1 aromatic heterocycles. The number of rotatable bonds is 5. The Bertz CT molecular complexity index is 1110. The molecule has 30 heavy (non-hydrogen) atoms. The van der Waals surface area contributed by atoms with Crippen LogP contribution in [-0.4, -0.2) is 39.6 Å². The number of fused-ring (bicyclic) bond motifs is 1. The fraction of sp³-hybridized carbons (Fsp3) is 0.350. The van der Waals surface area contributed by atoms with Gasteiger partial charge >= 0.3 is 0 Å². The number of aromatic nitrogens is 1. The van der Waals surface area contributed by atoms with E-state index in [-0.39, 0.29) is 29.5 Å². The fourth-order valence-electron chi connectivity index (χ4n) is 3.78. The monoisotopic (exact) mass is 425 g/mol. The molecule has 1 aromatic carbocycles. The van der Waals surface area contributed by atoms with Crippen molar-refractivity contribution >= 4 is 40.1 Å². The van der Waals surface area contributed by atoms with Crippen molar-refractivity contribution in [3.05, 3.63) is 46.0 Å². The summed E-state index contributed by atoms with van der Waals surface area (Å²) >= 11 is 1.48. The molecule has 3 heterocycles. The zero-order valence-corrected chi connectivity index (χ0v) is 16.8. The number of nitrogens with zero attached hydrogens (tertiary/aromatic N) is 2. The lowest BCUT2D eigenvalue weighted by Crippen LogP contribution is -2.54. The van der Waals surface area contributed by atoms with Crippen molar-refractivity contribution < 1.29 is 19.2 Å². The summed E-state index contributed by atoms with van der Waals surface area (Å²) in [5.41, 5.74) is 8.12. The van der Waals surface area contributed by atoms with Gasteiger partial charge in [-0.3, -0.25) is 29.4 Å². The summed E-state index contributed by atoms with van der Waals surface area (Å²) in [5, 5.41) is 8.12. The molecule has 1 aliphatic carbocycles. The third-order valence-electron chi connectivity index (χ3n) is 5.75. The van der Waals surface area contributed by atoms with Gasteiger partial charge in [0.1, 0.15) is 6.04 Å². The van der Waals surface area contributed by atoms with Crippen molar-refractivity contribution in [2.24, 2.45) is 5.73 Å². The van der Waals surface area contributed by atoms with E-state index in [0.29, 0.717) is 6.54 Å². The second-order valence-electron chi connectivity index (χ2n) is 7.87. The smallest absolute Gasteiger partial charge is 0.262 e. The molecule has 5 rings (SSSR count). The van der Waals surface area contributed by atoms with Crippen LogP contribution >= 0.6 is 11.3 Å². The first-order valence-corrected chi connectivity index (χ1v) is 10.6. The molecule has 9 nitrogen and oxygen atoms in total. The summed E-state index contributed by atoms with van der Waals surface area (Å²) in [6.45, 7) is 0.428. The maximum Gasteiger partial charge on any atom is 0.262 e. The van der Waals surface area contributed by atoms with Gasteiger partial charge in [-0.05, 0) is 37.0 Å². The molecule has 2 aliphatic heterocycles. The first kappa shape index (κ1) is 18.9. The van der Waals surface area contributed by atoms with Crippen molar-refractivity contribution in [3.8, 4) is 0 Å². The average molecular weight is 425 g/mol. The molecule has 1 atom stereocenters. The molecule has 10 heteroatoms. The number of piperidine rings is 1. The van der Waals surface area contributed by atoms with Gasteiger partial charge in [0.2, 0.25) is 11.8 Å². The molecule has 0 bridgehead atoms. The maximum atomic E-state index is 12.9. The molecule has 1 saturated carbocycles. The Morgan fingerprint density at radius 1 is 1.20 bits per heavy atom. The van der Waals surface area contributed by atoms with Crippen LogP contribution in [0.15, 0.2) is 23.6 Å². The Kier molecular flexibility index (Phi) is 4.23. The number of imide groups is 2. The van der Waals surface area contributed by atoms with Crippen LogP contribution < -0.4 is 16.4 Å². The Morgan fingerprint density at radius 3 is 2.70 bits per heavy atom. The second kappa shape index (κ2) is 6.71. The molecule has 154 valence electrons. The maximum absolute atomic E-state index is 12.9. The first-order chi connectivity index (χ1) is 14.4. The van der Waals surface area contributed by atoms with E-state index < -0.39 is 29.7 Å². The molecule has 4 N–H and O–H groups in total. The van der Waals surface area contributed by atoms with Crippen LogP contribution in [0, 0.1) is 0 Å². The number of carbonyl (C=O) groups is 4. The van der Waals surface area contributed by atoms with Crippen molar-refractivity contribution in [2.45, 2.75) is 43.8 Å². The van der Waals surface area contributed by atoms with Gasteiger partial charge in [0.05, 0.1) is 22.4 Å². The van der Waals surface area contributed by atoms with Gasteiger partial charge in [-0.15, -0.1) is 11.3 Å². The molecule has 2 aromatic rings. The number of nitrogens with one attached hydrogen (secondary N) is 2. The summed E-state index contributed by atoms with van der Waals surface area (Å²) in [6, 6.07) is 4.07. The van der Waals surface area contributed by atoms with E-state index in [1.54, 1.807) is 18.2 Å². The third kappa shape index (κ3) is 3.08. The van der Waals surface area contributed by atoms with Crippen LogP contribution in [-0.2, 0) is 21.7 Å². The normalized spacial score (nSPS) is 22.2. The molecule has 1 saturated heterocycles. The predicted octanol–water partition coefficient (Wildman–Crippen LogP) is 1.10. The van der Waals surface area contributed by atoms with Crippen LogP contribution in [0.25, 0.3) is 0 Å². The molecular weight excluding hydrogens is 406 g/mol. The number of hydrogen-bond donors (Lipinski definition) is 3. The summed E-state index contributed by atoms with van der Waals surface area (Å²) < 4.78 is 0. The van der Waals surface area contributed by atoms with E-state index in [4.69, 9.17) is 5.73 Å². The number of nitrogens with two attached hydrogens (primary N) is 1. The van der Waals surface area contributed by atoms with Gasteiger partial charge in [-0.2, -0.15) is 0 Å². The second-order valence-corrected chi connectivity index (χ2v) is 8.73. The van der Waals surface area contributed by atoms with E-state index in [0.717, 1.165) is 34.1 Å². The highest BCUT2D eigenvalue weighted by Crippen LogP contribution is 2.43. The van der Waals surface area contributed by atoms with E-state index in [1.807, 2.05) is 5.38 Å². The lowest BCUT2D eigenvalue weighted by atomic mass is 10.0. The van der Waals surface area contributed by atoms with E-state index in [1.165, 1.54) is 11.3 Å². The summed E-state index contributed by atoms with van der Waals surface area (Å²) in [6.07, 6.45) is 2.13. The zero-order chi connectivity index (χ0) is 21.0. The van der Waals surface area contributed by atoms with Crippen molar-refractivity contribution in [1.29, 1.82) is 0 Å². The van der Waals surface area contributed by atoms with Gasteiger partial charge in [0, 0.05) is 18.3 Å². The minimum atomic E-state index is -0.962. The molecule has 4 amide bonds. The Morgan fingerprint density at radius 2 is 1.97 bits per heavy atom. The number of thiazole rings is 1. The van der Waals surface area contributed by atoms with Crippen molar-refractivity contribution in [1.82, 2.24) is 15.2 Å². The minimum Gasteiger partial charge on any atom is -0.357 e. The lowest BCUT2D eigenvalue weighted by molar-refractivity contribution is -0.136. The number of benzene rings is 1. The third-order valence-corrected chi connectivity index (χ3v) is 6.55. The summed E-state index contributed by atoms with van der Waals surface area (Å²) in [5.74, 6) is -2.03. The Labute approximate surface area is 175 Å². The van der Waals surface area contributed by atoms with Crippen molar-refractivity contribution in [3.63, 3.8) is 0 Å². The molecule has 3 aliphatic rings. The SMILES string of the molecule is NC1(c2csc(NCc3ccc4c(c3)C(=O)N(C3CCC(=O)NC3=O)C4=O)n2)CC1. The van der Waals surface area contributed by atoms with Crippen molar-refractivity contribution in [2.75, 3.05) is 5.32 Å². The highest BCUT2D eigenvalue weighted by Gasteiger charge is 2.44. The number of amides is 4. The standard InChI is InChI=1S/C20H19N5O4S/c21-20(5-6-20)14-9-30-19(23-14)22-8-10-1-2-11-12(7-10)18(29)25(17(11)28)13-3-4-15(26)24-16(13)27/h1-2,7,9,13H,3-6,8,21H2,(H,22,23)(H,24,26,27). The predicted molar refractivity (Wildman–Crippen MR) is 108 cm³/mol. The van der Waals surface area contributed by atoms with E-state index in [2.05, 4.69) is 15.6 Å². The minimum absolute atomic E-state index is 0.0961. The number of anilines is 1. The zero-order valence-electron chi connectivity index (χ0n) is 15.9. The molecule has 2 fully saturated rings. The van der Waals surface area contributed by atoms with Gasteiger partial charge < -0.3 is 11.1 Å². The van der Waals surface area contributed by atoms with E-state index >= 15 is 0 Å². The largest absolute Gasteiger partial charge is 0.357 e. The van der Waals surface area contributed by atoms with Crippen LogP contribution in [0.4, 0.5) is 5.13 Å². The van der Waals surface area contributed by atoms with Gasteiger partial charge in [0.25, 0.3) is 11.8 Å². The first-order valence-electron chi connectivity index (χ1n) is 9.69. The van der Waals surface area contributed by atoms with Crippen LogP contribution in [0.2, 0.25) is 0 Å². The number of carbonyl (C=O) groups excluding carboxylic acids is 4. The Hall–Kier alpha value is -3.11. The van der Waals surface area contributed by atoms with Crippen LogP contribution in [0.5, 0.6) is 0 Å². The van der Waals surface area contributed by atoms with Gasteiger partial charge in [-0.1, -0.05) is 6.07 Å². The van der Waals surface area contributed by atoms with Gasteiger partial charge in [0.15, 0.2) is 5.13 Å². The average Bonchev–Trinajstić information content (AvgIpc) is 3.20. The van der Waals surface area contributed by atoms with Crippen LogP contribution in [0.3, 0.4) is 0 Å². The molecule has 1 unspecified atom stereocenters. The van der Waals surface area contributed by atoms with E-state index in [9.17, 15) is 19.2 Å². The molecule has 0 radical (unpaired) electrons. The van der Waals surface area contributed by atoms with Gasteiger partial charge in [-0.25, -0.2) is 4.98 Å². The topological polar surface area (TPSA) is 134 Å². The Balaban J connectivity index is 1.31. The summed E-state index contributed by atoms with van der Waals surface area (Å²) in [7, 11) is 0. The lowest BCUT2D eigenvalue weighted by Gasteiger charge is -2.27. The summed E-state index contributed by atoms with van der Waals surface area (Å²) in [4.78, 5) is 54.6. The molecular formula is C20H19N5O4S.